The standard InChI is InChI=1S/C33H44O6.H3N/c1-6-10-28-25(14-18-30(37)32(28)39-33(19-7-2,20-8-3)21-9-4)13-16-27(35)23-26(34)15-11-24-12-17-29(36)31(22-24)38-5;/h11-18,22,36-37H,6-10,19-21,23H2,1-5H3;1H3/b15-11+,16-13+;. The second-order valence-electron chi connectivity index (χ2n) is 9.97. The molecule has 0 aromatic heterocycles. The fraction of sp³-hybridized carbons (Fsp3) is 0.455. The Morgan fingerprint density at radius 3 is 1.95 bits per heavy atom. The van der Waals surface area contributed by atoms with E-state index < -0.39 is 0 Å². The zero-order chi connectivity index (χ0) is 28.8. The molecule has 0 saturated heterocycles. The monoisotopic (exact) mass is 553 g/mol. The SMILES string of the molecule is CCCc1c(/C=C/C(=O)CC(=O)/C=C/c2ccc(O)c(OC)c2)ccc(O)c1OC(CCC)(CCC)CCC.N. The van der Waals surface area contributed by atoms with Crippen molar-refractivity contribution in [2.24, 2.45) is 0 Å². The maximum atomic E-state index is 12.6. The maximum absolute atomic E-state index is 12.6. The molecule has 0 atom stereocenters. The number of benzene rings is 2. The second kappa shape index (κ2) is 17.2. The second-order valence-corrected chi connectivity index (χ2v) is 9.97. The normalized spacial score (nSPS) is 11.5. The molecule has 0 bridgehead atoms. The van der Waals surface area contributed by atoms with E-state index in [4.69, 9.17) is 9.47 Å². The molecule has 40 heavy (non-hydrogen) atoms. The van der Waals surface area contributed by atoms with Crippen LogP contribution in [0.2, 0.25) is 0 Å². The van der Waals surface area contributed by atoms with Crippen LogP contribution in [0.3, 0.4) is 0 Å². The van der Waals surface area contributed by atoms with Gasteiger partial charge in [-0.3, -0.25) is 9.59 Å². The summed E-state index contributed by atoms with van der Waals surface area (Å²) in [6.45, 7) is 8.52. The van der Waals surface area contributed by atoms with E-state index in [1.165, 1.54) is 25.3 Å². The number of hydrogen-bond donors (Lipinski definition) is 3. The Kier molecular flexibility index (Phi) is 14.8. The predicted octanol–water partition coefficient (Wildman–Crippen LogP) is 7.99. The minimum atomic E-state index is -0.337. The van der Waals surface area contributed by atoms with E-state index in [0.717, 1.165) is 56.1 Å². The van der Waals surface area contributed by atoms with Crippen molar-refractivity contribution in [2.45, 2.75) is 91.1 Å². The summed E-state index contributed by atoms with van der Waals surface area (Å²) in [6, 6.07) is 8.15. The smallest absolute Gasteiger partial charge is 0.165 e. The van der Waals surface area contributed by atoms with Gasteiger partial charge in [0.1, 0.15) is 5.60 Å². The molecule has 2 aromatic rings. The van der Waals surface area contributed by atoms with E-state index in [-0.39, 0.29) is 41.2 Å². The van der Waals surface area contributed by atoms with Crippen LogP contribution in [0.4, 0.5) is 0 Å². The zero-order valence-electron chi connectivity index (χ0n) is 24.8. The highest BCUT2D eigenvalue weighted by Crippen LogP contribution is 2.40. The molecule has 0 unspecified atom stereocenters. The molecule has 0 fully saturated rings. The first kappa shape index (κ1) is 34.4. The molecule has 0 spiro atoms. The summed E-state index contributed by atoms with van der Waals surface area (Å²) in [7, 11) is 1.45. The molecule has 7 nitrogen and oxygen atoms in total. The predicted molar refractivity (Wildman–Crippen MR) is 163 cm³/mol. The first-order valence-electron chi connectivity index (χ1n) is 14.0. The van der Waals surface area contributed by atoms with E-state index in [0.29, 0.717) is 23.5 Å². The van der Waals surface area contributed by atoms with Crippen LogP contribution >= 0.6 is 0 Å². The highest BCUT2D eigenvalue weighted by molar-refractivity contribution is 6.11. The molecule has 7 heteroatoms. The maximum Gasteiger partial charge on any atom is 0.165 e. The van der Waals surface area contributed by atoms with Gasteiger partial charge in [0.05, 0.1) is 13.5 Å². The van der Waals surface area contributed by atoms with Crippen molar-refractivity contribution in [1.29, 1.82) is 0 Å². The third kappa shape index (κ3) is 9.87. The number of allylic oxidation sites excluding steroid dienone is 2. The number of ketones is 2. The van der Waals surface area contributed by atoms with Crippen LogP contribution in [0.25, 0.3) is 12.2 Å². The lowest BCUT2D eigenvalue weighted by atomic mass is 9.87. The summed E-state index contributed by atoms with van der Waals surface area (Å²) in [5.74, 6) is 0.288. The van der Waals surface area contributed by atoms with Crippen LogP contribution in [0.15, 0.2) is 42.5 Å². The molecule has 0 aliphatic carbocycles. The first-order valence-corrected chi connectivity index (χ1v) is 14.0. The van der Waals surface area contributed by atoms with Crippen LogP contribution in [0, 0.1) is 0 Å². The summed E-state index contributed by atoms with van der Waals surface area (Å²) >= 11 is 0. The van der Waals surface area contributed by atoms with Gasteiger partial charge in [0.25, 0.3) is 0 Å². The fourth-order valence-electron chi connectivity index (χ4n) is 4.98. The fourth-order valence-corrected chi connectivity index (χ4v) is 4.98. The van der Waals surface area contributed by atoms with Crippen molar-refractivity contribution in [1.82, 2.24) is 6.15 Å². The average Bonchev–Trinajstić information content (AvgIpc) is 2.90. The van der Waals surface area contributed by atoms with E-state index in [9.17, 15) is 19.8 Å². The van der Waals surface area contributed by atoms with Gasteiger partial charge >= 0.3 is 0 Å². The van der Waals surface area contributed by atoms with Crippen molar-refractivity contribution < 1.29 is 29.3 Å². The van der Waals surface area contributed by atoms with Crippen LogP contribution < -0.4 is 15.6 Å². The van der Waals surface area contributed by atoms with Gasteiger partial charge in [-0.2, -0.15) is 0 Å². The molecule has 5 N–H and O–H groups in total. The quantitative estimate of drug-likeness (QED) is 0.134. The molecule has 0 aliphatic heterocycles. The molecule has 0 radical (unpaired) electrons. The van der Waals surface area contributed by atoms with Gasteiger partial charge < -0.3 is 25.8 Å². The first-order chi connectivity index (χ1) is 18.7. The number of aromatic hydroxyl groups is 2. The van der Waals surface area contributed by atoms with Gasteiger partial charge in [-0.15, -0.1) is 0 Å². The number of ether oxygens (including phenoxy) is 2. The molecular weight excluding hydrogens is 506 g/mol. The molecule has 2 aromatic carbocycles. The third-order valence-electron chi connectivity index (χ3n) is 6.67. The van der Waals surface area contributed by atoms with Gasteiger partial charge in [0.2, 0.25) is 0 Å². The number of carbonyl (C=O) groups excluding carboxylic acids is 2. The summed E-state index contributed by atoms with van der Waals surface area (Å²) in [4.78, 5) is 25.0. The number of phenols is 2. The Hall–Kier alpha value is -3.58. The minimum Gasteiger partial charge on any atom is -0.504 e. The highest BCUT2D eigenvalue weighted by atomic mass is 16.5. The zero-order valence-corrected chi connectivity index (χ0v) is 24.8. The van der Waals surface area contributed by atoms with Gasteiger partial charge in [0.15, 0.2) is 34.6 Å². The topological polar surface area (TPSA) is 128 Å². The van der Waals surface area contributed by atoms with Gasteiger partial charge in [-0.1, -0.05) is 77.7 Å². The van der Waals surface area contributed by atoms with Crippen LogP contribution in [0.1, 0.15) is 95.8 Å². The van der Waals surface area contributed by atoms with Crippen LogP contribution in [0.5, 0.6) is 23.0 Å². The third-order valence-corrected chi connectivity index (χ3v) is 6.67. The van der Waals surface area contributed by atoms with Crippen LogP contribution in [-0.4, -0.2) is 34.5 Å². The average molecular weight is 554 g/mol. The van der Waals surface area contributed by atoms with E-state index in [1.54, 1.807) is 36.4 Å². The highest BCUT2D eigenvalue weighted by Gasteiger charge is 2.32. The van der Waals surface area contributed by atoms with Crippen molar-refractivity contribution in [3.8, 4) is 23.0 Å². The number of carbonyl (C=O) groups is 2. The summed E-state index contributed by atoms with van der Waals surface area (Å²) in [5.41, 5.74) is 2.01. The molecule has 0 aliphatic rings. The number of rotatable bonds is 17. The molecule has 0 heterocycles. The summed E-state index contributed by atoms with van der Waals surface area (Å²) < 4.78 is 11.8. The number of methoxy groups -OCH3 is 1. The summed E-state index contributed by atoms with van der Waals surface area (Å²) in [5, 5.41) is 20.5. The number of hydrogen-bond acceptors (Lipinski definition) is 7. The minimum absolute atomic E-state index is 0. The molecular formula is C33H47NO6. The molecule has 0 amide bonds. The largest absolute Gasteiger partial charge is 0.504 e. The molecule has 2 rings (SSSR count). The Morgan fingerprint density at radius 1 is 0.825 bits per heavy atom. The Labute approximate surface area is 239 Å². The van der Waals surface area contributed by atoms with E-state index in [1.807, 2.05) is 0 Å². The van der Waals surface area contributed by atoms with Crippen LogP contribution in [-0.2, 0) is 16.0 Å². The van der Waals surface area contributed by atoms with Gasteiger partial charge in [-0.25, -0.2) is 0 Å². The van der Waals surface area contributed by atoms with Gasteiger partial charge in [-0.05, 0) is 67.2 Å². The van der Waals surface area contributed by atoms with Crippen molar-refractivity contribution in [2.75, 3.05) is 7.11 Å². The molecule has 220 valence electrons. The van der Waals surface area contributed by atoms with Crippen molar-refractivity contribution >= 4 is 23.7 Å². The van der Waals surface area contributed by atoms with Crippen molar-refractivity contribution in [3.05, 3.63) is 59.2 Å². The lowest BCUT2D eigenvalue weighted by Gasteiger charge is -2.35. The lowest BCUT2D eigenvalue weighted by molar-refractivity contribution is -0.121. The Balaban J connectivity index is 0.00000800. The van der Waals surface area contributed by atoms with E-state index in [2.05, 4.69) is 27.7 Å². The lowest BCUT2D eigenvalue weighted by Crippen LogP contribution is -2.36. The molecule has 0 saturated carbocycles. The van der Waals surface area contributed by atoms with Gasteiger partial charge in [0, 0.05) is 5.56 Å². The Morgan fingerprint density at radius 2 is 1.40 bits per heavy atom. The summed E-state index contributed by atoms with van der Waals surface area (Å²) in [6.07, 6.45) is 13.0. The van der Waals surface area contributed by atoms with E-state index >= 15 is 0 Å². The van der Waals surface area contributed by atoms with Crippen molar-refractivity contribution in [3.63, 3.8) is 0 Å². The number of phenolic OH excluding ortho intramolecular Hbond substituents is 2. The Bertz CT molecular complexity index is 1150.